The zero-order valence-corrected chi connectivity index (χ0v) is 13.8. The van der Waals surface area contributed by atoms with Crippen LogP contribution in [0.3, 0.4) is 0 Å². The van der Waals surface area contributed by atoms with Crippen molar-refractivity contribution < 1.29 is 17.9 Å². The monoisotopic (exact) mass is 369 g/mol. The lowest BCUT2D eigenvalue weighted by atomic mass is 10.1. The van der Waals surface area contributed by atoms with E-state index in [1.807, 2.05) is 0 Å². The molecule has 0 spiro atoms. The third-order valence-corrected chi connectivity index (χ3v) is 5.10. The molecule has 0 saturated carbocycles. The molecule has 25 heavy (non-hydrogen) atoms. The van der Waals surface area contributed by atoms with E-state index in [9.17, 15) is 23.2 Å². The molecule has 2 heterocycles. The number of anilines is 2. The molecule has 1 aliphatic rings. The Balaban J connectivity index is 1.99. The van der Waals surface area contributed by atoms with Gasteiger partial charge in [-0.15, -0.1) is 0 Å². The van der Waals surface area contributed by atoms with E-state index < -0.39 is 17.3 Å². The standard InChI is InChI=1S/C16H14F3N3O2S/c17-16(18,19)12-3-1-2-4-13(12)21-14-11(9-20)15(23)22(25-14)10-5-7-24-8-6-10/h1-4,10,21H,5-8H2. The van der Waals surface area contributed by atoms with Crippen LogP contribution >= 0.6 is 11.5 Å². The number of nitriles is 1. The lowest BCUT2D eigenvalue weighted by molar-refractivity contribution is -0.136. The maximum absolute atomic E-state index is 13.1. The van der Waals surface area contributed by atoms with Crippen LogP contribution in [-0.4, -0.2) is 17.2 Å². The zero-order valence-electron chi connectivity index (χ0n) is 13.0. The van der Waals surface area contributed by atoms with Crippen molar-refractivity contribution in [1.29, 1.82) is 5.26 Å². The molecule has 5 nitrogen and oxygen atoms in total. The summed E-state index contributed by atoms with van der Waals surface area (Å²) in [6, 6.07) is 6.67. The molecule has 0 unspecified atom stereocenters. The Morgan fingerprint density at radius 3 is 2.60 bits per heavy atom. The van der Waals surface area contributed by atoms with E-state index in [-0.39, 0.29) is 22.3 Å². The number of hydrogen-bond donors (Lipinski definition) is 1. The molecule has 1 aromatic heterocycles. The van der Waals surface area contributed by atoms with Gasteiger partial charge in [0.2, 0.25) is 0 Å². The summed E-state index contributed by atoms with van der Waals surface area (Å²) in [5.74, 6) is 0. The Bertz CT molecular complexity index is 861. The fourth-order valence-electron chi connectivity index (χ4n) is 2.70. The largest absolute Gasteiger partial charge is 0.418 e. The number of para-hydroxylation sites is 1. The molecule has 9 heteroatoms. The van der Waals surface area contributed by atoms with Crippen molar-refractivity contribution in [3.8, 4) is 6.07 Å². The zero-order chi connectivity index (χ0) is 18.0. The van der Waals surface area contributed by atoms with E-state index in [4.69, 9.17) is 4.74 Å². The van der Waals surface area contributed by atoms with Gasteiger partial charge in [-0.2, -0.15) is 18.4 Å². The third-order valence-electron chi connectivity index (χ3n) is 3.95. The first-order valence-electron chi connectivity index (χ1n) is 7.58. The molecule has 1 aromatic carbocycles. The quantitative estimate of drug-likeness (QED) is 0.891. The van der Waals surface area contributed by atoms with Crippen molar-refractivity contribution >= 4 is 22.2 Å². The van der Waals surface area contributed by atoms with Crippen molar-refractivity contribution in [2.24, 2.45) is 0 Å². The molecule has 0 aliphatic carbocycles. The van der Waals surface area contributed by atoms with Gasteiger partial charge in [0.25, 0.3) is 5.56 Å². The van der Waals surface area contributed by atoms with E-state index >= 15 is 0 Å². The highest BCUT2D eigenvalue weighted by Crippen LogP contribution is 2.37. The molecule has 3 rings (SSSR count). The van der Waals surface area contributed by atoms with Crippen LogP contribution in [0.25, 0.3) is 0 Å². The molecule has 1 aliphatic heterocycles. The molecule has 1 fully saturated rings. The summed E-state index contributed by atoms with van der Waals surface area (Å²) in [7, 11) is 0. The van der Waals surface area contributed by atoms with E-state index in [2.05, 4.69) is 5.32 Å². The summed E-state index contributed by atoms with van der Waals surface area (Å²) >= 11 is 0.979. The minimum Gasteiger partial charge on any atom is -0.381 e. The number of ether oxygens (including phenoxy) is 1. The fourth-order valence-corrected chi connectivity index (χ4v) is 3.81. The number of hydrogen-bond acceptors (Lipinski definition) is 5. The van der Waals surface area contributed by atoms with Crippen molar-refractivity contribution in [1.82, 2.24) is 3.96 Å². The predicted octanol–water partition coefficient (Wildman–Crippen LogP) is 3.90. The molecule has 0 atom stereocenters. The lowest BCUT2D eigenvalue weighted by Gasteiger charge is -2.21. The number of rotatable bonds is 3. The number of aromatic nitrogens is 1. The number of nitrogens with one attached hydrogen (secondary N) is 1. The van der Waals surface area contributed by atoms with Crippen LogP contribution in [0.4, 0.5) is 23.9 Å². The van der Waals surface area contributed by atoms with Crippen LogP contribution in [0.5, 0.6) is 0 Å². The van der Waals surface area contributed by atoms with Crippen LogP contribution in [0.2, 0.25) is 0 Å². The van der Waals surface area contributed by atoms with E-state index in [0.29, 0.717) is 26.1 Å². The normalized spacial score (nSPS) is 15.8. The van der Waals surface area contributed by atoms with Crippen LogP contribution in [-0.2, 0) is 10.9 Å². The Hall–Kier alpha value is -2.31. The lowest BCUT2D eigenvalue weighted by Crippen LogP contribution is -2.26. The molecule has 1 saturated heterocycles. The van der Waals surface area contributed by atoms with Gasteiger partial charge in [-0.3, -0.25) is 8.75 Å². The van der Waals surface area contributed by atoms with Crippen LogP contribution in [0.1, 0.15) is 30.0 Å². The predicted molar refractivity (Wildman–Crippen MR) is 87.1 cm³/mol. The van der Waals surface area contributed by atoms with Crippen molar-refractivity contribution in [2.75, 3.05) is 18.5 Å². The fraction of sp³-hybridized carbons (Fsp3) is 0.375. The maximum Gasteiger partial charge on any atom is 0.418 e. The van der Waals surface area contributed by atoms with E-state index in [1.165, 1.54) is 22.2 Å². The SMILES string of the molecule is N#Cc1c(Nc2ccccc2C(F)(F)F)sn(C2CCOCC2)c1=O. The third kappa shape index (κ3) is 3.55. The Morgan fingerprint density at radius 2 is 1.96 bits per heavy atom. The number of halogens is 3. The molecule has 132 valence electrons. The molecule has 0 bridgehead atoms. The second-order valence-corrected chi connectivity index (χ2v) is 6.53. The van der Waals surface area contributed by atoms with Gasteiger partial charge in [0.05, 0.1) is 17.3 Å². The summed E-state index contributed by atoms with van der Waals surface area (Å²) in [6.45, 7) is 1.02. The summed E-state index contributed by atoms with van der Waals surface area (Å²) in [4.78, 5) is 12.4. The van der Waals surface area contributed by atoms with E-state index in [0.717, 1.165) is 17.6 Å². The summed E-state index contributed by atoms with van der Waals surface area (Å²) in [6.07, 6.45) is -3.28. The van der Waals surface area contributed by atoms with Gasteiger partial charge < -0.3 is 10.1 Å². The molecule has 0 amide bonds. The molecular formula is C16H14F3N3O2S. The van der Waals surface area contributed by atoms with Gasteiger partial charge in [0.15, 0.2) is 5.56 Å². The highest BCUT2D eigenvalue weighted by Gasteiger charge is 2.34. The average Bonchev–Trinajstić information content (AvgIpc) is 2.90. The van der Waals surface area contributed by atoms with Gasteiger partial charge in [-0.05, 0) is 36.5 Å². The van der Waals surface area contributed by atoms with Gasteiger partial charge in [0.1, 0.15) is 11.1 Å². The Labute approximate surface area is 145 Å². The van der Waals surface area contributed by atoms with Crippen molar-refractivity contribution in [3.63, 3.8) is 0 Å². The number of alkyl halides is 3. The summed E-state index contributed by atoms with van der Waals surface area (Å²) in [5, 5.41) is 12.0. The second kappa shape index (κ2) is 6.90. The molecule has 1 N–H and O–H groups in total. The Morgan fingerprint density at radius 1 is 1.28 bits per heavy atom. The minimum atomic E-state index is -4.54. The molecular weight excluding hydrogens is 355 g/mol. The maximum atomic E-state index is 13.1. The molecule has 0 radical (unpaired) electrons. The van der Waals surface area contributed by atoms with Crippen LogP contribution in [0.15, 0.2) is 29.1 Å². The van der Waals surface area contributed by atoms with Gasteiger partial charge >= 0.3 is 6.18 Å². The average molecular weight is 369 g/mol. The summed E-state index contributed by atoms with van der Waals surface area (Å²) in [5.41, 5.74) is -1.69. The Kier molecular flexibility index (Phi) is 4.83. The van der Waals surface area contributed by atoms with E-state index in [1.54, 1.807) is 6.07 Å². The first-order chi connectivity index (χ1) is 11.9. The number of nitrogens with zero attached hydrogens (tertiary/aromatic N) is 2. The smallest absolute Gasteiger partial charge is 0.381 e. The van der Waals surface area contributed by atoms with Crippen LogP contribution < -0.4 is 10.9 Å². The highest BCUT2D eigenvalue weighted by molar-refractivity contribution is 7.11. The number of benzene rings is 1. The van der Waals surface area contributed by atoms with Gasteiger partial charge in [0, 0.05) is 13.2 Å². The first-order valence-corrected chi connectivity index (χ1v) is 8.36. The van der Waals surface area contributed by atoms with Crippen LogP contribution in [0, 0.1) is 11.3 Å². The van der Waals surface area contributed by atoms with Gasteiger partial charge in [-0.1, -0.05) is 12.1 Å². The molecule has 2 aromatic rings. The first kappa shape index (κ1) is 17.5. The highest BCUT2D eigenvalue weighted by atomic mass is 32.1. The van der Waals surface area contributed by atoms with Crippen molar-refractivity contribution in [3.05, 3.63) is 45.7 Å². The minimum absolute atomic E-state index is 0.105. The topological polar surface area (TPSA) is 67.1 Å². The van der Waals surface area contributed by atoms with Crippen molar-refractivity contribution in [2.45, 2.75) is 25.1 Å². The second-order valence-electron chi connectivity index (χ2n) is 5.55. The summed E-state index contributed by atoms with van der Waals surface area (Å²) < 4.78 is 46.1. The van der Waals surface area contributed by atoms with Gasteiger partial charge in [-0.25, -0.2) is 0 Å².